The quantitative estimate of drug-likeness (QED) is 0.786. The maximum atomic E-state index is 14.3. The Balaban J connectivity index is 1.78. The number of aromatic carboxylic acids is 1. The Morgan fingerprint density at radius 2 is 2.14 bits per heavy atom. The summed E-state index contributed by atoms with van der Waals surface area (Å²) in [7, 11) is 0. The number of halogens is 1. The number of nitrogens with two attached hydrogens (primary N) is 1. The molecule has 1 aromatic heterocycles. The highest BCUT2D eigenvalue weighted by Crippen LogP contribution is 2.53. The van der Waals surface area contributed by atoms with E-state index in [1.165, 1.54) is 17.7 Å². The number of allylic oxidation sites excluding steroid dienone is 4. The number of aromatic nitrogens is 1. The molecule has 0 bridgehead atoms. The Hall–Kier alpha value is -3.39. The fraction of sp³-hybridized carbons (Fsp3) is 0.217. The molecular weight excluding hydrogens is 355 g/mol. The molecule has 0 radical (unpaired) electrons. The molecule has 0 aliphatic heterocycles. The van der Waals surface area contributed by atoms with E-state index in [1.54, 1.807) is 18.3 Å². The lowest BCUT2D eigenvalue weighted by atomic mass is 9.85. The Morgan fingerprint density at radius 1 is 1.32 bits per heavy atom. The molecule has 4 rings (SSSR count). The van der Waals surface area contributed by atoms with Gasteiger partial charge in [0.2, 0.25) is 0 Å². The van der Waals surface area contributed by atoms with E-state index in [2.05, 4.69) is 29.8 Å². The standard InChI is InChI=1S/C23H19FN2O2/c1-2-16-17(6-3-13-4-8-22(25)26-12-13)19(9-15-10-20(15)16)14-5-7-18(23(27)28)21(24)11-14/h4-5,7-9,11-12,15,20H,2,10H2,1H3,(H2,25,26)(H,27,28). The first-order valence-corrected chi connectivity index (χ1v) is 9.20. The number of carboxylic acids is 1. The number of carboxylic acid groups (broad SMARTS) is 1. The molecule has 1 heterocycles. The van der Waals surface area contributed by atoms with E-state index >= 15 is 0 Å². The van der Waals surface area contributed by atoms with E-state index in [0.29, 0.717) is 23.2 Å². The molecule has 2 aromatic rings. The Labute approximate surface area is 162 Å². The van der Waals surface area contributed by atoms with Gasteiger partial charge in [-0.1, -0.05) is 36.5 Å². The first kappa shape index (κ1) is 18.0. The second kappa shape index (κ2) is 6.97. The predicted octanol–water partition coefficient (Wildman–Crippen LogP) is 4.29. The molecule has 1 aromatic carbocycles. The van der Waals surface area contributed by atoms with Gasteiger partial charge in [-0.2, -0.15) is 0 Å². The van der Waals surface area contributed by atoms with Gasteiger partial charge in [0.1, 0.15) is 11.6 Å². The summed E-state index contributed by atoms with van der Waals surface area (Å²) in [6, 6.07) is 7.77. The lowest BCUT2D eigenvalue weighted by Crippen LogP contribution is -2.05. The van der Waals surface area contributed by atoms with Crippen molar-refractivity contribution in [1.29, 1.82) is 0 Å². The van der Waals surface area contributed by atoms with Gasteiger partial charge in [0, 0.05) is 17.3 Å². The van der Waals surface area contributed by atoms with Crippen LogP contribution in [-0.4, -0.2) is 16.1 Å². The lowest BCUT2D eigenvalue weighted by Gasteiger charge is -2.18. The van der Waals surface area contributed by atoms with Crippen molar-refractivity contribution in [1.82, 2.24) is 4.98 Å². The Bertz CT molecular complexity index is 1090. The van der Waals surface area contributed by atoms with Gasteiger partial charge in [0.15, 0.2) is 0 Å². The number of pyridine rings is 1. The predicted molar refractivity (Wildman–Crippen MR) is 106 cm³/mol. The summed E-state index contributed by atoms with van der Waals surface area (Å²) < 4.78 is 14.3. The average Bonchev–Trinajstić information content (AvgIpc) is 3.45. The zero-order valence-electron chi connectivity index (χ0n) is 15.4. The first-order valence-electron chi connectivity index (χ1n) is 9.20. The fourth-order valence-electron chi connectivity index (χ4n) is 3.75. The summed E-state index contributed by atoms with van der Waals surface area (Å²) in [5, 5.41) is 9.08. The van der Waals surface area contributed by atoms with E-state index in [1.807, 2.05) is 6.07 Å². The van der Waals surface area contributed by atoms with Crippen LogP contribution in [0.1, 0.15) is 41.3 Å². The van der Waals surface area contributed by atoms with Crippen LogP contribution in [0.25, 0.3) is 5.57 Å². The molecule has 4 nitrogen and oxygen atoms in total. The molecule has 0 saturated heterocycles. The number of fused-ring (bicyclic) bond motifs is 1. The SMILES string of the molecule is CCC1=C(C#Cc2ccc(N)nc2)C(c2ccc(C(=O)O)c(F)c2)=CC2CC12. The third-order valence-electron chi connectivity index (χ3n) is 5.27. The number of hydrogen-bond donors (Lipinski definition) is 2. The summed E-state index contributed by atoms with van der Waals surface area (Å²) >= 11 is 0. The number of rotatable bonds is 3. The minimum absolute atomic E-state index is 0.329. The van der Waals surface area contributed by atoms with Crippen molar-refractivity contribution in [2.75, 3.05) is 5.73 Å². The summed E-state index contributed by atoms with van der Waals surface area (Å²) in [4.78, 5) is 15.2. The van der Waals surface area contributed by atoms with Gasteiger partial charge in [-0.25, -0.2) is 14.2 Å². The van der Waals surface area contributed by atoms with Crippen LogP contribution in [0.3, 0.4) is 0 Å². The first-order chi connectivity index (χ1) is 13.5. The molecule has 140 valence electrons. The molecule has 28 heavy (non-hydrogen) atoms. The van der Waals surface area contributed by atoms with Crippen LogP contribution in [0, 0.1) is 29.5 Å². The van der Waals surface area contributed by atoms with Crippen molar-refractivity contribution in [2.45, 2.75) is 19.8 Å². The summed E-state index contributed by atoms with van der Waals surface area (Å²) in [6.07, 6.45) is 5.72. The van der Waals surface area contributed by atoms with Gasteiger partial charge in [0.05, 0.1) is 5.56 Å². The molecule has 0 amide bonds. The topological polar surface area (TPSA) is 76.2 Å². The normalized spacial score (nSPS) is 20.0. The van der Waals surface area contributed by atoms with E-state index in [9.17, 15) is 9.18 Å². The molecule has 1 fully saturated rings. The van der Waals surface area contributed by atoms with Crippen LogP contribution in [0.15, 0.2) is 53.8 Å². The number of nitrogens with zero attached hydrogens (tertiary/aromatic N) is 1. The molecule has 2 aliphatic carbocycles. The van der Waals surface area contributed by atoms with Crippen molar-refractivity contribution in [3.63, 3.8) is 0 Å². The van der Waals surface area contributed by atoms with E-state index in [0.717, 1.165) is 29.6 Å². The Kier molecular flexibility index (Phi) is 4.48. The molecule has 5 heteroatoms. The highest BCUT2D eigenvalue weighted by molar-refractivity contribution is 5.91. The molecule has 2 unspecified atom stereocenters. The van der Waals surface area contributed by atoms with Crippen LogP contribution >= 0.6 is 0 Å². The fourth-order valence-corrected chi connectivity index (χ4v) is 3.75. The van der Waals surface area contributed by atoms with E-state index < -0.39 is 11.8 Å². The number of hydrogen-bond acceptors (Lipinski definition) is 3. The van der Waals surface area contributed by atoms with Gasteiger partial charge in [-0.05, 0) is 60.1 Å². The van der Waals surface area contributed by atoms with E-state index in [4.69, 9.17) is 10.8 Å². The summed E-state index contributed by atoms with van der Waals surface area (Å²) in [5.74, 6) is 5.78. The zero-order valence-corrected chi connectivity index (χ0v) is 15.4. The molecule has 2 aliphatic rings. The third kappa shape index (κ3) is 3.29. The van der Waals surface area contributed by atoms with Crippen molar-refractivity contribution >= 4 is 17.4 Å². The average molecular weight is 374 g/mol. The van der Waals surface area contributed by atoms with Gasteiger partial charge in [-0.15, -0.1) is 0 Å². The van der Waals surface area contributed by atoms with Crippen molar-refractivity contribution in [3.8, 4) is 11.8 Å². The number of nitrogen functional groups attached to an aromatic ring is 1. The zero-order chi connectivity index (χ0) is 19.8. The molecule has 3 N–H and O–H groups in total. The Morgan fingerprint density at radius 3 is 2.79 bits per heavy atom. The number of carbonyl (C=O) groups is 1. The van der Waals surface area contributed by atoms with Gasteiger partial charge >= 0.3 is 5.97 Å². The van der Waals surface area contributed by atoms with Crippen LogP contribution in [-0.2, 0) is 0 Å². The maximum absolute atomic E-state index is 14.3. The molecule has 1 saturated carbocycles. The minimum atomic E-state index is -1.27. The highest BCUT2D eigenvalue weighted by atomic mass is 19.1. The molecule has 2 atom stereocenters. The van der Waals surface area contributed by atoms with Crippen molar-refractivity contribution in [3.05, 3.63) is 76.3 Å². The highest BCUT2D eigenvalue weighted by Gasteiger charge is 2.42. The number of anilines is 1. The van der Waals surface area contributed by atoms with Gasteiger partial charge < -0.3 is 10.8 Å². The van der Waals surface area contributed by atoms with Crippen LogP contribution in [0.4, 0.5) is 10.2 Å². The second-order valence-corrected chi connectivity index (χ2v) is 7.06. The van der Waals surface area contributed by atoms with Gasteiger partial charge in [-0.3, -0.25) is 0 Å². The lowest BCUT2D eigenvalue weighted by molar-refractivity contribution is 0.0692. The van der Waals surface area contributed by atoms with Crippen molar-refractivity contribution in [2.24, 2.45) is 11.8 Å². The van der Waals surface area contributed by atoms with Crippen molar-refractivity contribution < 1.29 is 14.3 Å². The van der Waals surface area contributed by atoms with Crippen LogP contribution in [0.5, 0.6) is 0 Å². The van der Waals surface area contributed by atoms with E-state index in [-0.39, 0.29) is 5.56 Å². The summed E-state index contributed by atoms with van der Waals surface area (Å²) in [5.41, 5.74) is 9.76. The molecule has 0 spiro atoms. The van der Waals surface area contributed by atoms with Crippen LogP contribution in [0.2, 0.25) is 0 Å². The van der Waals surface area contributed by atoms with Gasteiger partial charge in [0.25, 0.3) is 0 Å². The minimum Gasteiger partial charge on any atom is -0.478 e. The molecular formula is C23H19FN2O2. The second-order valence-electron chi connectivity index (χ2n) is 7.06. The monoisotopic (exact) mass is 374 g/mol. The third-order valence-corrected chi connectivity index (χ3v) is 5.27. The van der Waals surface area contributed by atoms with Crippen LogP contribution < -0.4 is 5.73 Å². The smallest absolute Gasteiger partial charge is 0.338 e. The summed E-state index contributed by atoms with van der Waals surface area (Å²) in [6.45, 7) is 2.11. The largest absolute Gasteiger partial charge is 0.478 e. The maximum Gasteiger partial charge on any atom is 0.338 e. The number of benzene rings is 1.